The van der Waals surface area contributed by atoms with Crippen molar-refractivity contribution >= 4 is 17.4 Å². The van der Waals surface area contributed by atoms with Gasteiger partial charge in [0.1, 0.15) is 18.5 Å². The van der Waals surface area contributed by atoms with Crippen molar-refractivity contribution in [2.75, 3.05) is 42.6 Å². The van der Waals surface area contributed by atoms with Crippen LogP contribution in [-0.2, 0) is 6.54 Å². The lowest BCUT2D eigenvalue weighted by molar-refractivity contribution is 0.0745. The van der Waals surface area contributed by atoms with Crippen molar-refractivity contribution in [1.29, 1.82) is 5.26 Å². The number of H-pyrrole nitrogens is 1. The summed E-state index contributed by atoms with van der Waals surface area (Å²) < 4.78 is 6.17. The zero-order valence-corrected chi connectivity index (χ0v) is 22.5. The molecule has 11 heteroatoms. The topological polar surface area (TPSA) is 131 Å². The lowest BCUT2D eigenvalue weighted by Gasteiger charge is -2.35. The molecule has 5 heterocycles. The predicted molar refractivity (Wildman–Crippen MR) is 152 cm³/mol. The summed E-state index contributed by atoms with van der Waals surface area (Å²) in [4.78, 5) is 40.4. The quantitative estimate of drug-likeness (QED) is 0.386. The number of amides is 1. The number of nitrogens with zero attached hydrogens (tertiary/aromatic N) is 7. The van der Waals surface area contributed by atoms with E-state index in [0.717, 1.165) is 22.6 Å². The fraction of sp³-hybridized carbons (Fsp3) is 0.267. The third-order valence-corrected chi connectivity index (χ3v) is 7.66. The van der Waals surface area contributed by atoms with E-state index in [1.807, 2.05) is 23.1 Å². The molecule has 11 nitrogen and oxygen atoms in total. The first-order valence-corrected chi connectivity index (χ1v) is 13.4. The van der Waals surface area contributed by atoms with Crippen molar-refractivity contribution in [3.05, 3.63) is 105 Å². The highest BCUT2D eigenvalue weighted by Gasteiger charge is 2.32. The highest BCUT2D eigenvalue weighted by Crippen LogP contribution is 2.38. The highest BCUT2D eigenvalue weighted by atomic mass is 16.5. The third-order valence-electron chi connectivity index (χ3n) is 7.66. The first-order chi connectivity index (χ1) is 20.0. The van der Waals surface area contributed by atoms with Gasteiger partial charge in [0.25, 0.3) is 11.5 Å². The fourth-order valence-corrected chi connectivity index (χ4v) is 5.38. The van der Waals surface area contributed by atoms with E-state index in [-0.39, 0.29) is 24.1 Å². The molecule has 4 aromatic rings. The van der Waals surface area contributed by atoms with Gasteiger partial charge in [-0.2, -0.15) is 10.4 Å². The molecule has 3 aromatic heterocycles. The molecular formula is C30H28N8O3. The minimum absolute atomic E-state index is 0.0808. The first kappa shape index (κ1) is 26.0. The van der Waals surface area contributed by atoms with Gasteiger partial charge < -0.3 is 19.4 Å². The van der Waals surface area contributed by atoms with Gasteiger partial charge in [0.15, 0.2) is 0 Å². The number of aromatic amines is 1. The average Bonchev–Trinajstić information content (AvgIpc) is 3.39. The molecular weight excluding hydrogens is 520 g/mol. The lowest BCUT2D eigenvalue weighted by atomic mass is 10.1. The summed E-state index contributed by atoms with van der Waals surface area (Å²) in [6.45, 7) is 5.09. The van der Waals surface area contributed by atoms with Crippen LogP contribution in [0.1, 0.15) is 38.7 Å². The summed E-state index contributed by atoms with van der Waals surface area (Å²) in [6, 6.07) is 17.0. The number of carbonyl (C=O) groups excluding carboxylic acids is 1. The fourth-order valence-electron chi connectivity index (χ4n) is 5.38. The lowest BCUT2D eigenvalue weighted by Crippen LogP contribution is -2.49. The second-order valence-corrected chi connectivity index (χ2v) is 10.0. The Bertz CT molecular complexity index is 1670. The molecule has 206 valence electrons. The van der Waals surface area contributed by atoms with E-state index >= 15 is 0 Å². The number of nitrogens with one attached hydrogen (secondary N) is 1. The summed E-state index contributed by atoms with van der Waals surface area (Å²) in [6.07, 6.45) is 4.82. The maximum absolute atomic E-state index is 13.3. The number of rotatable bonds is 6. The van der Waals surface area contributed by atoms with E-state index in [2.05, 4.69) is 48.2 Å². The molecule has 41 heavy (non-hydrogen) atoms. The Balaban J connectivity index is 1.13. The molecule has 1 N–H and O–H groups in total. The molecule has 6 rings (SSSR count). The zero-order valence-electron chi connectivity index (χ0n) is 22.5. The van der Waals surface area contributed by atoms with Gasteiger partial charge in [-0.1, -0.05) is 24.3 Å². The molecule has 2 aliphatic rings. The Morgan fingerprint density at radius 1 is 1.10 bits per heavy atom. The molecule has 0 radical (unpaired) electrons. The predicted octanol–water partition coefficient (Wildman–Crippen LogP) is 2.84. The van der Waals surface area contributed by atoms with Gasteiger partial charge in [-0.3, -0.25) is 9.59 Å². The SMILES string of the molecule is Cc1c(N2Cc3ccccc3C2COc2cc(C(=O)N3CCN(c4ccc(C#N)cn4)CC3)ccn2)cn[nH]c1=O. The molecule has 1 saturated heterocycles. The summed E-state index contributed by atoms with van der Waals surface area (Å²) in [5.74, 6) is 1.08. The monoisotopic (exact) mass is 548 g/mol. The number of pyridine rings is 2. The van der Waals surface area contributed by atoms with Crippen LogP contribution >= 0.6 is 0 Å². The Morgan fingerprint density at radius 3 is 2.71 bits per heavy atom. The number of benzene rings is 1. The van der Waals surface area contributed by atoms with E-state index in [1.165, 1.54) is 0 Å². The summed E-state index contributed by atoms with van der Waals surface area (Å²) in [7, 11) is 0. The molecule has 1 unspecified atom stereocenters. The van der Waals surface area contributed by atoms with Gasteiger partial charge in [-0.25, -0.2) is 15.1 Å². The minimum atomic E-state index is -0.222. The molecule has 0 bridgehead atoms. The molecule has 0 saturated carbocycles. The van der Waals surface area contributed by atoms with Gasteiger partial charge in [0.2, 0.25) is 5.88 Å². The highest BCUT2D eigenvalue weighted by molar-refractivity contribution is 5.94. The standard InChI is InChI=1S/C30H28N8O3/c1-20-25(17-34-35-29(20)39)38-18-23-4-2-3-5-24(23)26(38)19-41-28-14-22(8-9-32-28)30(40)37-12-10-36(11-13-37)27-7-6-21(15-31)16-33-27/h2-9,14,16-17,26H,10-13,18-19H2,1H3,(H,35,39). The number of aromatic nitrogens is 4. The Hall–Kier alpha value is -5.24. The van der Waals surface area contributed by atoms with E-state index < -0.39 is 0 Å². The largest absolute Gasteiger partial charge is 0.475 e. The molecule has 2 aliphatic heterocycles. The van der Waals surface area contributed by atoms with Crippen molar-refractivity contribution < 1.29 is 9.53 Å². The molecule has 1 atom stereocenters. The second-order valence-electron chi connectivity index (χ2n) is 10.0. The van der Waals surface area contributed by atoms with Gasteiger partial charge in [0, 0.05) is 62.3 Å². The van der Waals surface area contributed by atoms with Gasteiger partial charge in [0.05, 0.1) is 23.5 Å². The number of carbonyl (C=O) groups is 1. The van der Waals surface area contributed by atoms with E-state index in [4.69, 9.17) is 10.00 Å². The van der Waals surface area contributed by atoms with Crippen LogP contribution in [0.15, 0.2) is 71.9 Å². The number of hydrogen-bond acceptors (Lipinski definition) is 9. The van der Waals surface area contributed by atoms with E-state index in [9.17, 15) is 9.59 Å². The Labute approximate surface area is 236 Å². The van der Waals surface area contributed by atoms with Gasteiger partial charge in [-0.15, -0.1) is 0 Å². The molecule has 0 spiro atoms. The molecule has 1 amide bonds. The van der Waals surface area contributed by atoms with Crippen LogP contribution in [0.3, 0.4) is 0 Å². The van der Waals surface area contributed by atoms with Crippen LogP contribution in [0.4, 0.5) is 11.5 Å². The maximum Gasteiger partial charge on any atom is 0.269 e. The summed E-state index contributed by atoms with van der Waals surface area (Å²) in [5.41, 5.74) is 4.44. The number of hydrogen-bond donors (Lipinski definition) is 1. The van der Waals surface area contributed by atoms with Crippen molar-refractivity contribution in [1.82, 2.24) is 25.1 Å². The Kier molecular flexibility index (Phi) is 7.04. The van der Waals surface area contributed by atoms with Crippen LogP contribution < -0.4 is 20.1 Å². The number of piperazine rings is 1. The maximum atomic E-state index is 13.3. The van der Waals surface area contributed by atoms with Crippen LogP contribution in [0.2, 0.25) is 0 Å². The van der Waals surface area contributed by atoms with E-state index in [1.54, 1.807) is 43.7 Å². The number of ether oxygens (including phenoxy) is 1. The number of anilines is 2. The molecule has 0 aliphatic carbocycles. The zero-order chi connectivity index (χ0) is 28.3. The smallest absolute Gasteiger partial charge is 0.269 e. The Morgan fingerprint density at radius 2 is 1.93 bits per heavy atom. The van der Waals surface area contributed by atoms with Crippen molar-refractivity contribution in [2.24, 2.45) is 0 Å². The minimum Gasteiger partial charge on any atom is -0.475 e. The summed E-state index contributed by atoms with van der Waals surface area (Å²) in [5, 5.41) is 15.5. The van der Waals surface area contributed by atoms with Crippen LogP contribution in [0, 0.1) is 18.3 Å². The molecule has 1 aromatic carbocycles. The third kappa shape index (κ3) is 5.19. The van der Waals surface area contributed by atoms with Crippen molar-refractivity contribution in [3.8, 4) is 11.9 Å². The first-order valence-electron chi connectivity index (χ1n) is 13.4. The molecule has 1 fully saturated rings. The van der Waals surface area contributed by atoms with Crippen LogP contribution in [0.5, 0.6) is 5.88 Å². The van der Waals surface area contributed by atoms with Crippen LogP contribution in [0.25, 0.3) is 0 Å². The van der Waals surface area contributed by atoms with Crippen molar-refractivity contribution in [3.63, 3.8) is 0 Å². The number of fused-ring (bicyclic) bond motifs is 1. The van der Waals surface area contributed by atoms with Crippen LogP contribution in [-0.4, -0.2) is 63.8 Å². The van der Waals surface area contributed by atoms with Crippen molar-refractivity contribution in [2.45, 2.75) is 19.5 Å². The normalized spacial score (nSPS) is 16.3. The second kappa shape index (κ2) is 11.1. The average molecular weight is 549 g/mol. The van der Waals surface area contributed by atoms with E-state index in [0.29, 0.717) is 55.3 Å². The van der Waals surface area contributed by atoms with Gasteiger partial charge in [-0.05, 0) is 36.2 Å². The summed E-state index contributed by atoms with van der Waals surface area (Å²) >= 11 is 0. The van der Waals surface area contributed by atoms with Gasteiger partial charge >= 0.3 is 0 Å². The number of nitriles is 1.